The number of hydrogen-bond donors (Lipinski definition) is 0. The van der Waals surface area contributed by atoms with E-state index >= 15 is 0 Å². The molecule has 0 aliphatic heterocycles. The topological polar surface area (TPSA) is 91.4 Å². The average Bonchev–Trinajstić information content (AvgIpc) is 2.45. The van der Waals surface area contributed by atoms with Crippen LogP contribution >= 0.6 is 0 Å². The van der Waals surface area contributed by atoms with Gasteiger partial charge in [-0.05, 0) is 59.7 Å². The highest BCUT2D eigenvalue weighted by Crippen LogP contribution is 2.36. The third-order valence-corrected chi connectivity index (χ3v) is 8.87. The van der Waals surface area contributed by atoms with Crippen molar-refractivity contribution in [1.82, 2.24) is 4.90 Å². The average molecular weight is 434 g/mol. The summed E-state index contributed by atoms with van der Waals surface area (Å²) in [5.41, 5.74) is -1.75. The fourth-order valence-electron chi connectivity index (χ4n) is 1.84. The molecule has 0 fully saturated rings. The first kappa shape index (κ1) is 27.4. The normalized spacial score (nSPS) is 14.1. The lowest BCUT2D eigenvalue weighted by atomic mass is 10.2. The van der Waals surface area contributed by atoms with Crippen LogP contribution in [0.25, 0.3) is 0 Å². The van der Waals surface area contributed by atoms with Gasteiger partial charge in [-0.3, -0.25) is 0 Å². The molecule has 0 spiro atoms. The predicted octanol–water partition coefficient (Wildman–Crippen LogP) is 4.72. The van der Waals surface area contributed by atoms with E-state index < -0.39 is 43.7 Å². The lowest BCUT2D eigenvalue weighted by molar-refractivity contribution is -0.148. The molecule has 170 valence electrons. The molecule has 0 aromatic carbocycles. The maximum atomic E-state index is 12.8. The van der Waals surface area contributed by atoms with Gasteiger partial charge in [0.05, 0.1) is 13.7 Å². The Balaban J connectivity index is 6.00. The van der Waals surface area contributed by atoms with Crippen LogP contribution in [0.4, 0.5) is 9.59 Å². The molecule has 0 N–H and O–H groups in total. The third-order valence-electron chi connectivity index (χ3n) is 4.37. The van der Waals surface area contributed by atoms with Gasteiger partial charge in [-0.25, -0.2) is 14.4 Å². The van der Waals surface area contributed by atoms with Gasteiger partial charge in [0.15, 0.2) is 14.4 Å². The van der Waals surface area contributed by atoms with Gasteiger partial charge in [-0.1, -0.05) is 20.8 Å². The number of esters is 1. The first-order valence-electron chi connectivity index (χ1n) is 9.69. The van der Waals surface area contributed by atoms with Crippen LogP contribution in [0.2, 0.25) is 18.1 Å². The lowest BCUT2D eigenvalue weighted by Gasteiger charge is -2.38. The summed E-state index contributed by atoms with van der Waals surface area (Å²) >= 11 is 0. The molecular weight excluding hydrogens is 394 g/mol. The van der Waals surface area contributed by atoms with Gasteiger partial charge in [-0.15, -0.1) is 0 Å². The van der Waals surface area contributed by atoms with Gasteiger partial charge in [0.1, 0.15) is 11.2 Å². The fraction of sp³-hybridized carbons (Fsp3) is 0.850. The summed E-state index contributed by atoms with van der Waals surface area (Å²) in [6.45, 7) is 19.9. The second kappa shape index (κ2) is 9.47. The summed E-state index contributed by atoms with van der Waals surface area (Å²) in [5, 5.41) is -0.129. The Kier molecular flexibility index (Phi) is 8.94. The number of carbonyl (C=O) groups excluding carboxylic acids is 3. The Morgan fingerprint density at radius 1 is 0.828 bits per heavy atom. The van der Waals surface area contributed by atoms with Crippen LogP contribution < -0.4 is 0 Å². The highest BCUT2D eigenvalue weighted by molar-refractivity contribution is 6.74. The zero-order chi connectivity index (χ0) is 23.4. The number of rotatable bonds is 5. The minimum atomic E-state index is -2.27. The van der Waals surface area contributed by atoms with E-state index in [0.29, 0.717) is 4.90 Å². The smallest absolute Gasteiger partial charge is 0.420 e. The molecule has 8 nitrogen and oxygen atoms in total. The number of carbonyl (C=O) groups is 3. The van der Waals surface area contributed by atoms with Crippen molar-refractivity contribution < 1.29 is 33.0 Å². The number of methoxy groups -OCH3 is 1. The molecule has 0 rings (SSSR count). The van der Waals surface area contributed by atoms with Crippen molar-refractivity contribution in [1.29, 1.82) is 0 Å². The summed E-state index contributed by atoms with van der Waals surface area (Å²) in [4.78, 5) is 38.8. The highest BCUT2D eigenvalue weighted by atomic mass is 28.4. The molecule has 0 unspecified atom stereocenters. The molecule has 9 heteroatoms. The third kappa shape index (κ3) is 9.16. The van der Waals surface area contributed by atoms with E-state index in [0.717, 1.165) is 0 Å². The SMILES string of the molecule is COC(=O)[C@H](CO[Si](C)(C)C(C)(C)C)N(C(=O)OC(C)(C)C)C(=O)OC(C)(C)C. The Labute approximate surface area is 176 Å². The maximum Gasteiger partial charge on any atom is 0.420 e. The Hall–Kier alpha value is -1.61. The monoisotopic (exact) mass is 433 g/mol. The van der Waals surface area contributed by atoms with E-state index in [9.17, 15) is 14.4 Å². The van der Waals surface area contributed by atoms with Gasteiger partial charge in [0.2, 0.25) is 0 Å². The molecule has 0 radical (unpaired) electrons. The summed E-state index contributed by atoms with van der Waals surface area (Å²) in [6.07, 6.45) is -2.00. The predicted molar refractivity (Wildman–Crippen MR) is 113 cm³/mol. The van der Waals surface area contributed by atoms with E-state index in [4.69, 9.17) is 18.6 Å². The molecule has 2 amide bonds. The van der Waals surface area contributed by atoms with Gasteiger partial charge in [0.25, 0.3) is 0 Å². The first-order chi connectivity index (χ1) is 12.7. The Morgan fingerprint density at radius 2 is 1.21 bits per heavy atom. The van der Waals surface area contributed by atoms with Crippen molar-refractivity contribution in [3.05, 3.63) is 0 Å². The van der Waals surface area contributed by atoms with Crippen molar-refractivity contribution in [2.75, 3.05) is 13.7 Å². The van der Waals surface area contributed by atoms with E-state index in [2.05, 4.69) is 0 Å². The fourth-order valence-corrected chi connectivity index (χ4v) is 2.85. The molecule has 0 saturated heterocycles. The molecule has 29 heavy (non-hydrogen) atoms. The quantitative estimate of drug-likeness (QED) is 0.352. The number of imide groups is 1. The zero-order valence-corrected chi connectivity index (χ0v) is 21.1. The number of ether oxygens (including phenoxy) is 3. The highest BCUT2D eigenvalue weighted by Gasteiger charge is 2.44. The van der Waals surface area contributed by atoms with E-state index in [1.165, 1.54) is 7.11 Å². The summed E-state index contributed by atoms with van der Waals surface area (Å²) in [6, 6.07) is -1.33. The van der Waals surface area contributed by atoms with Crippen molar-refractivity contribution >= 4 is 26.5 Å². The first-order valence-corrected chi connectivity index (χ1v) is 12.6. The molecule has 0 aromatic heterocycles. The molecular formula is C20H39NO7Si. The van der Waals surface area contributed by atoms with Crippen LogP contribution in [-0.4, -0.2) is 62.3 Å². The van der Waals surface area contributed by atoms with E-state index in [1.54, 1.807) is 41.5 Å². The van der Waals surface area contributed by atoms with Crippen molar-refractivity contribution in [3.63, 3.8) is 0 Å². The van der Waals surface area contributed by atoms with Crippen molar-refractivity contribution in [2.45, 2.75) is 97.7 Å². The van der Waals surface area contributed by atoms with Crippen LogP contribution in [0.15, 0.2) is 0 Å². The minimum absolute atomic E-state index is 0.129. The van der Waals surface area contributed by atoms with Crippen LogP contribution in [0.1, 0.15) is 62.3 Å². The van der Waals surface area contributed by atoms with Crippen LogP contribution in [0, 0.1) is 0 Å². The van der Waals surface area contributed by atoms with Crippen LogP contribution in [-0.2, 0) is 23.4 Å². The molecule has 1 atom stereocenters. The molecule has 0 bridgehead atoms. The second-order valence-corrected chi connectivity index (χ2v) is 15.3. The Bertz CT molecular complexity index is 569. The van der Waals surface area contributed by atoms with Gasteiger partial charge < -0.3 is 18.6 Å². The number of nitrogens with zero attached hydrogens (tertiary/aromatic N) is 1. The summed E-state index contributed by atoms with van der Waals surface area (Å²) < 4.78 is 21.6. The molecule has 0 heterocycles. The number of amides is 2. The Morgan fingerprint density at radius 3 is 1.48 bits per heavy atom. The van der Waals surface area contributed by atoms with Crippen LogP contribution in [0.5, 0.6) is 0 Å². The second-order valence-electron chi connectivity index (χ2n) is 10.4. The summed E-state index contributed by atoms with van der Waals surface area (Å²) in [7, 11) is -1.09. The molecule has 0 aromatic rings. The largest absolute Gasteiger partial charge is 0.467 e. The van der Waals surface area contributed by atoms with E-state index in [-0.39, 0.29) is 11.6 Å². The summed E-state index contributed by atoms with van der Waals surface area (Å²) in [5.74, 6) is -0.791. The van der Waals surface area contributed by atoms with Gasteiger partial charge in [0, 0.05) is 0 Å². The lowest BCUT2D eigenvalue weighted by Crippen LogP contribution is -2.55. The molecule has 0 aliphatic rings. The molecule has 0 saturated carbocycles. The zero-order valence-electron chi connectivity index (χ0n) is 20.1. The van der Waals surface area contributed by atoms with Gasteiger partial charge in [-0.2, -0.15) is 4.90 Å². The van der Waals surface area contributed by atoms with Crippen LogP contribution in [0.3, 0.4) is 0 Å². The van der Waals surface area contributed by atoms with Gasteiger partial charge >= 0.3 is 18.2 Å². The minimum Gasteiger partial charge on any atom is -0.467 e. The van der Waals surface area contributed by atoms with E-state index in [1.807, 2.05) is 33.9 Å². The molecule has 0 aliphatic carbocycles. The van der Waals surface area contributed by atoms with Crippen molar-refractivity contribution in [2.24, 2.45) is 0 Å². The standard InChI is InChI=1S/C20H39NO7Si/c1-18(2,3)27-16(23)21(17(24)28-19(4,5)6)14(15(22)25-10)13-26-29(11,12)20(7,8)9/h14H,13H2,1-12H3/t14-/m0/s1. The van der Waals surface area contributed by atoms with Crippen molar-refractivity contribution in [3.8, 4) is 0 Å². The maximum absolute atomic E-state index is 12.8. The number of hydrogen-bond acceptors (Lipinski definition) is 7.